The summed E-state index contributed by atoms with van der Waals surface area (Å²) < 4.78 is 124. The molecule has 1 saturated heterocycles. The number of carboxylic acids is 1. The van der Waals surface area contributed by atoms with Crippen molar-refractivity contribution in [3.8, 4) is 0 Å². The first-order valence-electron chi connectivity index (χ1n) is 14.6. The average molecular weight is 698 g/mol. The Morgan fingerprint density at radius 3 is 2.09 bits per heavy atom. The Labute approximate surface area is 265 Å². The van der Waals surface area contributed by atoms with E-state index in [1.54, 1.807) is 13.8 Å². The van der Waals surface area contributed by atoms with Crippen molar-refractivity contribution >= 4 is 33.3 Å². The molecule has 3 aliphatic rings. The molecule has 0 spiro atoms. The standard InChI is InChI=1S/C31H31ClF7NO5S/c1-17-15-21(5-7-23(17)32)46(44,45)28-13-14-40(26(43)27(2)11-9-18(10-12-27)25(41)42)24(28)8-3-19-16-20(4-6-22(19)28)29(33,30(34,35)36)31(37,38)39/h4-7,15-16,18,24H,3,8-14H2,1-2H3,(H,41,42)/t18-,24?,27-,28?. The van der Waals surface area contributed by atoms with E-state index in [1.807, 2.05) is 0 Å². The number of rotatable bonds is 5. The number of nitrogens with zero attached hydrogens (tertiary/aromatic N) is 1. The van der Waals surface area contributed by atoms with E-state index in [0.717, 1.165) is 6.07 Å². The van der Waals surface area contributed by atoms with E-state index in [4.69, 9.17) is 11.6 Å². The minimum absolute atomic E-state index is 0.0907. The monoisotopic (exact) mass is 697 g/mol. The number of carbonyl (C=O) groups is 2. The van der Waals surface area contributed by atoms with Crippen LogP contribution in [0.2, 0.25) is 5.02 Å². The number of aliphatic carboxylic acids is 1. The highest BCUT2D eigenvalue weighted by atomic mass is 35.5. The van der Waals surface area contributed by atoms with Gasteiger partial charge in [0.1, 0.15) is 4.75 Å². The summed E-state index contributed by atoms with van der Waals surface area (Å²) in [6, 6.07) is 4.43. The number of alkyl halides is 7. The molecule has 46 heavy (non-hydrogen) atoms. The molecule has 2 aromatic carbocycles. The van der Waals surface area contributed by atoms with Gasteiger partial charge in [0.25, 0.3) is 0 Å². The Hall–Kier alpha value is -2.87. The van der Waals surface area contributed by atoms with E-state index >= 15 is 4.39 Å². The number of hydrogen-bond acceptors (Lipinski definition) is 4. The van der Waals surface area contributed by atoms with E-state index < -0.39 is 67.4 Å². The van der Waals surface area contributed by atoms with Crippen LogP contribution in [0.25, 0.3) is 0 Å². The number of carboxylic acid groups (broad SMARTS) is 1. The zero-order chi connectivity index (χ0) is 34.3. The second kappa shape index (κ2) is 11.1. The number of sulfone groups is 1. The molecule has 2 unspecified atom stereocenters. The first-order chi connectivity index (χ1) is 21.1. The lowest BCUT2D eigenvalue weighted by atomic mass is 9.70. The molecule has 15 heteroatoms. The molecule has 0 aromatic heterocycles. The van der Waals surface area contributed by atoms with Crippen LogP contribution in [-0.4, -0.2) is 55.2 Å². The molecule has 2 fully saturated rings. The average Bonchev–Trinajstić information content (AvgIpc) is 3.38. The van der Waals surface area contributed by atoms with E-state index in [2.05, 4.69) is 0 Å². The molecular weight excluding hydrogens is 667 g/mol. The molecule has 1 amide bonds. The van der Waals surface area contributed by atoms with Gasteiger partial charge in [0.2, 0.25) is 5.91 Å². The van der Waals surface area contributed by atoms with Gasteiger partial charge in [-0.25, -0.2) is 12.8 Å². The van der Waals surface area contributed by atoms with Crippen molar-refractivity contribution in [3.63, 3.8) is 0 Å². The fraction of sp³-hybridized carbons (Fsp3) is 0.548. The van der Waals surface area contributed by atoms with E-state index in [0.29, 0.717) is 17.7 Å². The fourth-order valence-corrected chi connectivity index (χ4v) is 10.1. The van der Waals surface area contributed by atoms with Gasteiger partial charge in [0.15, 0.2) is 9.84 Å². The summed E-state index contributed by atoms with van der Waals surface area (Å²) in [6.45, 7) is 3.15. The van der Waals surface area contributed by atoms with E-state index in [9.17, 15) is 49.5 Å². The van der Waals surface area contributed by atoms with Crippen LogP contribution in [0.4, 0.5) is 30.7 Å². The van der Waals surface area contributed by atoms with Crippen molar-refractivity contribution < 1.29 is 53.8 Å². The summed E-state index contributed by atoms with van der Waals surface area (Å²) in [5.74, 6) is -2.00. The molecule has 2 aromatic rings. The lowest BCUT2D eigenvalue weighted by Gasteiger charge is -2.45. The summed E-state index contributed by atoms with van der Waals surface area (Å²) >= 11 is 6.13. The van der Waals surface area contributed by atoms with Crippen molar-refractivity contribution in [3.05, 3.63) is 63.7 Å². The van der Waals surface area contributed by atoms with Crippen LogP contribution in [0.5, 0.6) is 0 Å². The maximum atomic E-state index is 15.1. The van der Waals surface area contributed by atoms with E-state index in [1.165, 1.54) is 23.1 Å². The van der Waals surface area contributed by atoms with Crippen LogP contribution in [0, 0.1) is 18.3 Å². The molecule has 1 aliphatic heterocycles. The highest BCUT2D eigenvalue weighted by molar-refractivity contribution is 7.92. The summed E-state index contributed by atoms with van der Waals surface area (Å²) in [5, 5.41) is 9.67. The molecule has 1 heterocycles. The van der Waals surface area contributed by atoms with Crippen LogP contribution in [0.15, 0.2) is 41.3 Å². The predicted molar refractivity (Wildman–Crippen MR) is 153 cm³/mol. The Morgan fingerprint density at radius 1 is 0.935 bits per heavy atom. The minimum Gasteiger partial charge on any atom is -0.481 e. The van der Waals surface area contributed by atoms with Gasteiger partial charge in [-0.2, -0.15) is 26.3 Å². The first-order valence-corrected chi connectivity index (χ1v) is 16.5. The number of aryl methyl sites for hydroxylation is 2. The summed E-state index contributed by atoms with van der Waals surface area (Å²) in [6.07, 6.45) is -12.4. The molecular formula is C31H31ClF7NO5S. The lowest BCUT2D eigenvalue weighted by molar-refractivity contribution is -0.348. The van der Waals surface area contributed by atoms with Gasteiger partial charge in [0, 0.05) is 22.5 Å². The molecule has 0 radical (unpaired) electrons. The third-order valence-corrected chi connectivity index (χ3v) is 13.2. The zero-order valence-electron chi connectivity index (χ0n) is 24.7. The number of fused-ring (bicyclic) bond motifs is 3. The quantitative estimate of drug-likeness (QED) is 0.328. The lowest BCUT2D eigenvalue weighted by Crippen LogP contribution is -2.55. The Bertz CT molecular complexity index is 1670. The van der Waals surface area contributed by atoms with Gasteiger partial charge < -0.3 is 10.0 Å². The second-order valence-electron chi connectivity index (χ2n) is 12.8. The van der Waals surface area contributed by atoms with Crippen LogP contribution >= 0.6 is 11.6 Å². The summed E-state index contributed by atoms with van der Waals surface area (Å²) in [5.41, 5.74) is -8.32. The summed E-state index contributed by atoms with van der Waals surface area (Å²) in [4.78, 5) is 26.9. The third-order valence-electron chi connectivity index (χ3n) is 10.2. The maximum Gasteiger partial charge on any atom is 0.435 e. The molecule has 1 N–H and O–H groups in total. The van der Waals surface area contributed by atoms with Gasteiger partial charge in [-0.3, -0.25) is 9.59 Å². The first kappa shape index (κ1) is 34.5. The van der Waals surface area contributed by atoms with Gasteiger partial charge in [0.05, 0.1) is 16.9 Å². The molecule has 5 rings (SSSR count). The maximum absolute atomic E-state index is 15.1. The smallest absolute Gasteiger partial charge is 0.435 e. The molecule has 6 nitrogen and oxygen atoms in total. The highest BCUT2D eigenvalue weighted by Gasteiger charge is 2.74. The number of halogens is 8. The van der Waals surface area contributed by atoms with Crippen molar-refractivity contribution in [2.24, 2.45) is 11.3 Å². The Morgan fingerprint density at radius 2 is 1.54 bits per heavy atom. The van der Waals surface area contributed by atoms with Crippen LogP contribution in [0.1, 0.15) is 67.7 Å². The fourth-order valence-electron chi connectivity index (χ4n) is 7.53. The molecule has 0 bridgehead atoms. The molecule has 252 valence electrons. The highest BCUT2D eigenvalue weighted by Crippen LogP contribution is 2.57. The normalized spacial score (nSPS) is 27.2. The van der Waals surface area contributed by atoms with Crippen molar-refractivity contribution in [1.29, 1.82) is 0 Å². The predicted octanol–water partition coefficient (Wildman–Crippen LogP) is 7.44. The third kappa shape index (κ3) is 5.00. The number of carbonyl (C=O) groups excluding carboxylic acids is 1. The Balaban J connectivity index is 1.66. The number of hydrogen-bond donors (Lipinski definition) is 1. The molecule has 2 atom stereocenters. The zero-order valence-corrected chi connectivity index (χ0v) is 26.3. The van der Waals surface area contributed by atoms with Crippen LogP contribution in [-0.2, 0) is 36.3 Å². The van der Waals surface area contributed by atoms with Crippen LogP contribution < -0.4 is 0 Å². The second-order valence-corrected chi connectivity index (χ2v) is 15.4. The Kier molecular flexibility index (Phi) is 8.32. The number of benzene rings is 2. The largest absolute Gasteiger partial charge is 0.481 e. The SMILES string of the molecule is Cc1cc(S(=O)(=O)C23CCN(C(=O)[C@]4(C)CC[C@@H](C(=O)O)CC4)C2CCc2cc(C(F)(C(F)(F)F)C(F)(F)F)ccc23)ccc1Cl. The van der Waals surface area contributed by atoms with Crippen molar-refractivity contribution in [2.75, 3.05) is 6.54 Å². The van der Waals surface area contributed by atoms with Gasteiger partial charge in [-0.15, -0.1) is 0 Å². The van der Waals surface area contributed by atoms with Gasteiger partial charge in [-0.05, 0) is 86.8 Å². The van der Waals surface area contributed by atoms with Crippen molar-refractivity contribution in [2.45, 2.75) is 92.5 Å². The topological polar surface area (TPSA) is 91.8 Å². The van der Waals surface area contributed by atoms with Gasteiger partial charge >= 0.3 is 24.0 Å². The number of likely N-dealkylation sites (tertiary alicyclic amines) is 1. The van der Waals surface area contributed by atoms with Crippen LogP contribution in [0.3, 0.4) is 0 Å². The van der Waals surface area contributed by atoms with Gasteiger partial charge in [-0.1, -0.05) is 36.7 Å². The molecule has 2 aliphatic carbocycles. The van der Waals surface area contributed by atoms with E-state index in [-0.39, 0.29) is 72.5 Å². The number of amides is 1. The minimum atomic E-state index is -6.35. The van der Waals surface area contributed by atoms with Crippen molar-refractivity contribution in [1.82, 2.24) is 4.90 Å². The molecule has 1 saturated carbocycles. The summed E-state index contributed by atoms with van der Waals surface area (Å²) in [7, 11) is -4.52.